The first-order chi connectivity index (χ1) is 8.65. The van der Waals surface area contributed by atoms with E-state index in [9.17, 15) is 4.79 Å². The molecule has 0 aliphatic carbocycles. The molecule has 1 aliphatic rings. The molecular weight excluding hydrogens is 226 g/mol. The van der Waals surface area contributed by atoms with Crippen molar-refractivity contribution in [1.29, 1.82) is 0 Å². The Labute approximate surface area is 107 Å². The van der Waals surface area contributed by atoms with Gasteiger partial charge in [0.25, 0.3) is 0 Å². The third kappa shape index (κ3) is 3.23. The van der Waals surface area contributed by atoms with E-state index in [-0.39, 0.29) is 0 Å². The van der Waals surface area contributed by atoms with Gasteiger partial charge in [-0.1, -0.05) is 23.8 Å². The number of carbonyl (C=O) groups is 1. The van der Waals surface area contributed by atoms with Crippen molar-refractivity contribution in [2.24, 2.45) is 0 Å². The molecule has 3 nitrogen and oxygen atoms in total. The molecule has 0 fully saturated rings. The summed E-state index contributed by atoms with van der Waals surface area (Å²) < 4.78 is 0. The first-order valence-corrected chi connectivity index (χ1v) is 6.07. The van der Waals surface area contributed by atoms with Crippen LogP contribution in [0.25, 0.3) is 6.08 Å². The summed E-state index contributed by atoms with van der Waals surface area (Å²) in [5, 5.41) is 8.56. The van der Waals surface area contributed by atoms with E-state index in [4.69, 9.17) is 5.11 Å². The van der Waals surface area contributed by atoms with Gasteiger partial charge in [0.2, 0.25) is 0 Å². The Morgan fingerprint density at radius 3 is 2.61 bits per heavy atom. The molecule has 0 atom stereocenters. The van der Waals surface area contributed by atoms with Gasteiger partial charge in [0, 0.05) is 24.9 Å². The van der Waals surface area contributed by atoms with Crippen LogP contribution < -0.4 is 4.90 Å². The van der Waals surface area contributed by atoms with Crippen molar-refractivity contribution in [3.8, 4) is 0 Å². The number of carboxylic acids is 1. The highest BCUT2D eigenvalue weighted by molar-refractivity contribution is 5.85. The summed E-state index contributed by atoms with van der Waals surface area (Å²) in [6, 6.07) is 7.96. The van der Waals surface area contributed by atoms with Crippen LogP contribution in [0.15, 0.2) is 42.0 Å². The van der Waals surface area contributed by atoms with Crippen molar-refractivity contribution < 1.29 is 9.90 Å². The molecule has 3 heteroatoms. The summed E-state index contributed by atoms with van der Waals surface area (Å²) in [7, 11) is 0. The normalized spacial score (nSPS) is 15.8. The van der Waals surface area contributed by atoms with Gasteiger partial charge in [-0.3, -0.25) is 0 Å². The SMILES string of the molecule is CC1=CCN(c2ccc(/C=C/C(=O)O)cc2)CC1. The Morgan fingerprint density at radius 1 is 1.33 bits per heavy atom. The highest BCUT2D eigenvalue weighted by Crippen LogP contribution is 2.20. The summed E-state index contributed by atoms with van der Waals surface area (Å²) in [5.74, 6) is -0.921. The van der Waals surface area contributed by atoms with Crippen LogP contribution in [0.1, 0.15) is 18.9 Å². The largest absolute Gasteiger partial charge is 0.478 e. The van der Waals surface area contributed by atoms with Crippen molar-refractivity contribution in [2.75, 3.05) is 18.0 Å². The Kier molecular flexibility index (Phi) is 3.82. The molecule has 2 rings (SSSR count). The van der Waals surface area contributed by atoms with Gasteiger partial charge in [-0.25, -0.2) is 4.79 Å². The van der Waals surface area contributed by atoms with E-state index in [0.717, 1.165) is 31.1 Å². The zero-order chi connectivity index (χ0) is 13.0. The minimum atomic E-state index is -0.921. The smallest absolute Gasteiger partial charge is 0.328 e. The average Bonchev–Trinajstić information content (AvgIpc) is 2.38. The zero-order valence-electron chi connectivity index (χ0n) is 10.5. The van der Waals surface area contributed by atoms with Crippen LogP contribution in [0.3, 0.4) is 0 Å². The van der Waals surface area contributed by atoms with Gasteiger partial charge in [0.05, 0.1) is 0 Å². The minimum absolute atomic E-state index is 0.907. The molecule has 94 valence electrons. The maximum atomic E-state index is 10.4. The average molecular weight is 243 g/mol. The van der Waals surface area contributed by atoms with Crippen molar-refractivity contribution in [2.45, 2.75) is 13.3 Å². The van der Waals surface area contributed by atoms with Crippen LogP contribution in [0.4, 0.5) is 5.69 Å². The molecule has 0 radical (unpaired) electrons. The first-order valence-electron chi connectivity index (χ1n) is 6.07. The second-order valence-corrected chi connectivity index (χ2v) is 4.51. The molecule has 0 unspecified atom stereocenters. The predicted octanol–water partition coefficient (Wildman–Crippen LogP) is 2.94. The second kappa shape index (κ2) is 5.54. The van der Waals surface area contributed by atoms with Crippen molar-refractivity contribution in [3.05, 3.63) is 47.6 Å². The summed E-state index contributed by atoms with van der Waals surface area (Å²) in [5.41, 5.74) is 3.54. The number of aliphatic carboxylic acids is 1. The molecule has 1 heterocycles. The number of benzene rings is 1. The second-order valence-electron chi connectivity index (χ2n) is 4.51. The fourth-order valence-electron chi connectivity index (χ4n) is 1.97. The molecule has 1 aliphatic heterocycles. The van der Waals surface area contributed by atoms with Gasteiger partial charge in [-0.05, 0) is 37.1 Å². The van der Waals surface area contributed by atoms with Crippen molar-refractivity contribution >= 4 is 17.7 Å². The molecular formula is C15H17NO2. The van der Waals surface area contributed by atoms with Crippen molar-refractivity contribution in [1.82, 2.24) is 0 Å². The van der Waals surface area contributed by atoms with E-state index in [1.807, 2.05) is 24.3 Å². The molecule has 1 N–H and O–H groups in total. The Hall–Kier alpha value is -2.03. The van der Waals surface area contributed by atoms with Crippen LogP contribution in [0.5, 0.6) is 0 Å². The third-order valence-corrected chi connectivity index (χ3v) is 3.11. The van der Waals surface area contributed by atoms with Gasteiger partial charge < -0.3 is 10.0 Å². The number of hydrogen-bond donors (Lipinski definition) is 1. The van der Waals surface area contributed by atoms with Gasteiger partial charge in [-0.2, -0.15) is 0 Å². The first kappa shape index (κ1) is 12.4. The zero-order valence-corrected chi connectivity index (χ0v) is 10.5. The van der Waals surface area contributed by atoms with E-state index in [2.05, 4.69) is 17.9 Å². The van der Waals surface area contributed by atoms with Crippen LogP contribution in [0.2, 0.25) is 0 Å². The Morgan fingerprint density at radius 2 is 2.06 bits per heavy atom. The number of carboxylic acid groups (broad SMARTS) is 1. The number of anilines is 1. The molecule has 0 spiro atoms. The predicted molar refractivity (Wildman–Crippen MR) is 73.7 cm³/mol. The topological polar surface area (TPSA) is 40.5 Å². The molecule has 18 heavy (non-hydrogen) atoms. The third-order valence-electron chi connectivity index (χ3n) is 3.11. The quantitative estimate of drug-likeness (QED) is 0.655. The molecule has 1 aromatic carbocycles. The van der Waals surface area contributed by atoms with Crippen LogP contribution >= 0.6 is 0 Å². The molecule has 0 aromatic heterocycles. The molecule has 0 saturated heterocycles. The van der Waals surface area contributed by atoms with Gasteiger partial charge >= 0.3 is 5.97 Å². The summed E-state index contributed by atoms with van der Waals surface area (Å²) >= 11 is 0. The Bertz CT molecular complexity index is 486. The molecule has 0 amide bonds. The highest BCUT2D eigenvalue weighted by atomic mass is 16.4. The van der Waals surface area contributed by atoms with E-state index < -0.39 is 5.97 Å². The lowest BCUT2D eigenvalue weighted by molar-refractivity contribution is -0.131. The maximum absolute atomic E-state index is 10.4. The van der Waals surface area contributed by atoms with E-state index >= 15 is 0 Å². The van der Waals surface area contributed by atoms with Crippen LogP contribution in [-0.2, 0) is 4.79 Å². The van der Waals surface area contributed by atoms with E-state index in [1.165, 1.54) is 11.3 Å². The van der Waals surface area contributed by atoms with Gasteiger partial charge in [-0.15, -0.1) is 0 Å². The lowest BCUT2D eigenvalue weighted by Crippen LogP contribution is -2.27. The molecule has 0 bridgehead atoms. The minimum Gasteiger partial charge on any atom is -0.478 e. The highest BCUT2D eigenvalue weighted by Gasteiger charge is 2.09. The fourth-order valence-corrected chi connectivity index (χ4v) is 1.97. The molecule has 0 saturated carbocycles. The van der Waals surface area contributed by atoms with Crippen molar-refractivity contribution in [3.63, 3.8) is 0 Å². The van der Waals surface area contributed by atoms with Crippen LogP contribution in [-0.4, -0.2) is 24.2 Å². The summed E-state index contributed by atoms with van der Waals surface area (Å²) in [6.07, 6.45) is 6.12. The molecule has 1 aromatic rings. The standard InChI is InChI=1S/C15H17NO2/c1-12-8-10-16(11-9-12)14-5-2-13(3-6-14)4-7-15(17)18/h2-8H,9-11H2,1H3,(H,17,18)/b7-4+. The lowest BCUT2D eigenvalue weighted by atomic mass is 10.1. The monoisotopic (exact) mass is 243 g/mol. The summed E-state index contributed by atoms with van der Waals surface area (Å²) in [4.78, 5) is 12.7. The van der Waals surface area contributed by atoms with E-state index in [0.29, 0.717) is 0 Å². The van der Waals surface area contributed by atoms with Crippen LogP contribution in [0, 0.1) is 0 Å². The maximum Gasteiger partial charge on any atom is 0.328 e. The fraction of sp³-hybridized carbons (Fsp3) is 0.267. The summed E-state index contributed by atoms with van der Waals surface area (Å²) in [6.45, 7) is 4.17. The number of rotatable bonds is 3. The number of hydrogen-bond acceptors (Lipinski definition) is 2. The Balaban J connectivity index is 2.06. The van der Waals surface area contributed by atoms with Gasteiger partial charge in [0.15, 0.2) is 0 Å². The lowest BCUT2D eigenvalue weighted by Gasteiger charge is -2.27. The number of nitrogens with zero attached hydrogens (tertiary/aromatic N) is 1. The van der Waals surface area contributed by atoms with E-state index in [1.54, 1.807) is 6.08 Å². The van der Waals surface area contributed by atoms with Gasteiger partial charge in [0.1, 0.15) is 0 Å².